The molecule has 0 saturated heterocycles. The maximum atomic E-state index is 13.2. The van der Waals surface area contributed by atoms with E-state index in [4.69, 9.17) is 16.6 Å². The van der Waals surface area contributed by atoms with Crippen LogP contribution >= 0.6 is 11.6 Å². The van der Waals surface area contributed by atoms with Crippen LogP contribution in [0.15, 0.2) is 58.0 Å². The van der Waals surface area contributed by atoms with Gasteiger partial charge in [0.15, 0.2) is 5.82 Å². The van der Waals surface area contributed by atoms with Gasteiger partial charge in [-0.05, 0) is 67.7 Å². The molecule has 0 radical (unpaired) electrons. The Morgan fingerprint density at radius 1 is 1.32 bits per heavy atom. The zero-order chi connectivity index (χ0) is 26.7. The van der Waals surface area contributed by atoms with Gasteiger partial charge in [-0.3, -0.25) is 20.1 Å². The van der Waals surface area contributed by atoms with Gasteiger partial charge in [0.2, 0.25) is 0 Å². The second kappa shape index (κ2) is 11.5. The van der Waals surface area contributed by atoms with E-state index in [9.17, 15) is 13.6 Å². The third kappa shape index (κ3) is 5.75. The molecule has 2 aromatic rings. The number of rotatable bonds is 7. The predicted octanol–water partition coefficient (Wildman–Crippen LogP) is 6.19. The van der Waals surface area contributed by atoms with Crippen LogP contribution in [0.1, 0.15) is 75.3 Å². The molecule has 1 atom stereocenters. The van der Waals surface area contributed by atoms with Crippen LogP contribution in [0.5, 0.6) is 0 Å². The molecule has 1 unspecified atom stereocenters. The minimum absolute atomic E-state index is 0.229. The van der Waals surface area contributed by atoms with Crippen molar-refractivity contribution in [2.45, 2.75) is 66.1 Å². The molecule has 2 aromatic heterocycles. The Bertz CT molecular complexity index is 1360. The Hall–Kier alpha value is -3.10. The van der Waals surface area contributed by atoms with E-state index in [0.717, 1.165) is 59.8 Å². The van der Waals surface area contributed by atoms with Crippen molar-refractivity contribution in [1.82, 2.24) is 19.5 Å². The van der Waals surface area contributed by atoms with E-state index in [1.807, 2.05) is 45.2 Å². The van der Waals surface area contributed by atoms with Gasteiger partial charge in [0.1, 0.15) is 11.9 Å². The van der Waals surface area contributed by atoms with E-state index in [2.05, 4.69) is 34.4 Å². The van der Waals surface area contributed by atoms with Crippen molar-refractivity contribution in [2.24, 2.45) is 0 Å². The van der Waals surface area contributed by atoms with Crippen LogP contribution in [0.25, 0.3) is 11.1 Å². The Kier molecular flexibility index (Phi) is 8.39. The molecule has 196 valence electrons. The molecule has 0 aromatic carbocycles. The number of nitrogens with one attached hydrogen (secondary N) is 1. The van der Waals surface area contributed by atoms with Crippen molar-refractivity contribution in [3.05, 3.63) is 91.9 Å². The summed E-state index contributed by atoms with van der Waals surface area (Å²) < 4.78 is 27.7. The van der Waals surface area contributed by atoms with Gasteiger partial charge in [-0.2, -0.15) is 0 Å². The lowest BCUT2D eigenvalue weighted by Gasteiger charge is -2.40. The quantitative estimate of drug-likeness (QED) is 0.435. The monoisotopic (exact) mass is 527 g/mol. The molecule has 0 bridgehead atoms. The summed E-state index contributed by atoms with van der Waals surface area (Å²) in [5, 5.41) is 0.663. The fraction of sp³-hybridized carbons (Fsp3) is 0.393. The van der Waals surface area contributed by atoms with Crippen LogP contribution in [0.2, 0.25) is 0 Å². The highest BCUT2D eigenvalue weighted by molar-refractivity contribution is 6.31. The van der Waals surface area contributed by atoms with Gasteiger partial charge in [-0.15, -0.1) is 0 Å². The van der Waals surface area contributed by atoms with Crippen molar-refractivity contribution in [1.29, 1.82) is 0 Å². The second-order valence-electron chi connectivity index (χ2n) is 9.33. The average molecular weight is 528 g/mol. The van der Waals surface area contributed by atoms with E-state index in [1.54, 1.807) is 0 Å². The first kappa shape index (κ1) is 26.9. The molecule has 2 aliphatic rings. The number of nitrogens with zero attached hydrogens (tertiary/aromatic N) is 4. The van der Waals surface area contributed by atoms with E-state index >= 15 is 0 Å². The third-order valence-electron chi connectivity index (χ3n) is 6.85. The highest BCUT2D eigenvalue weighted by Crippen LogP contribution is 2.30. The summed E-state index contributed by atoms with van der Waals surface area (Å²) in [5.41, 5.74) is 7.92. The largest absolute Gasteiger partial charge is 0.300 e. The molecule has 0 amide bonds. The fourth-order valence-electron chi connectivity index (χ4n) is 4.66. The van der Waals surface area contributed by atoms with Gasteiger partial charge < -0.3 is 0 Å². The van der Waals surface area contributed by atoms with Crippen LogP contribution < -0.4 is 11.0 Å². The number of halogens is 3. The number of pyridine rings is 1. The summed E-state index contributed by atoms with van der Waals surface area (Å²) in [6.07, 6.45) is 9.56. The van der Waals surface area contributed by atoms with Crippen molar-refractivity contribution >= 4 is 22.7 Å². The summed E-state index contributed by atoms with van der Waals surface area (Å²) in [7, 11) is 0. The molecular formula is C28H32ClF2N5O. The number of allylic oxidation sites excluding steroid dienone is 7. The third-order valence-corrected chi connectivity index (χ3v) is 7.09. The van der Waals surface area contributed by atoms with Gasteiger partial charge in [-0.25, -0.2) is 18.4 Å². The maximum absolute atomic E-state index is 13.2. The van der Waals surface area contributed by atoms with E-state index < -0.39 is 17.7 Å². The molecule has 9 heteroatoms. The summed E-state index contributed by atoms with van der Waals surface area (Å²) in [6.45, 7) is 9.22. The number of hydrogen-bond acceptors (Lipinski definition) is 5. The summed E-state index contributed by atoms with van der Waals surface area (Å²) >= 11 is 6.44. The van der Waals surface area contributed by atoms with Gasteiger partial charge in [0.05, 0.1) is 0 Å². The first-order chi connectivity index (χ1) is 17.7. The molecule has 0 spiro atoms. The molecule has 0 saturated carbocycles. The zero-order valence-corrected chi connectivity index (χ0v) is 22.3. The van der Waals surface area contributed by atoms with Crippen LogP contribution in [0.3, 0.4) is 0 Å². The summed E-state index contributed by atoms with van der Waals surface area (Å²) in [6, 6.07) is 3.04. The Balaban J connectivity index is 1.60. The molecule has 0 aliphatic carbocycles. The number of fused-ring (bicyclic) bond motifs is 2. The summed E-state index contributed by atoms with van der Waals surface area (Å²) in [5.74, 6) is 0.229. The Morgan fingerprint density at radius 2 is 2.11 bits per heavy atom. The molecule has 6 nitrogen and oxygen atoms in total. The average Bonchev–Trinajstić information content (AvgIpc) is 2.88. The molecule has 37 heavy (non-hydrogen) atoms. The van der Waals surface area contributed by atoms with Gasteiger partial charge in [0.25, 0.3) is 12.0 Å². The highest BCUT2D eigenvalue weighted by atomic mass is 35.5. The van der Waals surface area contributed by atoms with Gasteiger partial charge >= 0.3 is 0 Å². The Labute approximate surface area is 221 Å². The van der Waals surface area contributed by atoms with Crippen molar-refractivity contribution in [2.75, 3.05) is 12.0 Å². The van der Waals surface area contributed by atoms with Gasteiger partial charge in [0, 0.05) is 48.1 Å². The molecule has 0 fully saturated rings. The highest BCUT2D eigenvalue weighted by Gasteiger charge is 2.32. The Morgan fingerprint density at radius 3 is 2.81 bits per heavy atom. The van der Waals surface area contributed by atoms with E-state index in [1.165, 1.54) is 4.68 Å². The molecule has 4 heterocycles. The lowest BCUT2D eigenvalue weighted by molar-refractivity contribution is 0.145. The van der Waals surface area contributed by atoms with Crippen molar-refractivity contribution < 1.29 is 8.78 Å². The predicted molar refractivity (Wildman–Crippen MR) is 145 cm³/mol. The molecular weight excluding hydrogens is 496 g/mol. The van der Waals surface area contributed by atoms with Crippen molar-refractivity contribution in [3.8, 4) is 0 Å². The molecule has 1 N–H and O–H groups in total. The van der Waals surface area contributed by atoms with Crippen LogP contribution in [-0.2, 0) is 13.0 Å². The molecule has 4 rings (SSSR count). The first-order valence-corrected chi connectivity index (χ1v) is 12.9. The zero-order valence-electron chi connectivity index (χ0n) is 21.6. The number of aromatic nitrogens is 3. The number of alkyl halides is 2. The second-order valence-corrected chi connectivity index (χ2v) is 9.77. The lowest BCUT2D eigenvalue weighted by atomic mass is 9.97. The van der Waals surface area contributed by atoms with Crippen LogP contribution in [-0.4, -0.2) is 32.3 Å². The minimum Gasteiger partial charge on any atom is -0.300 e. The lowest BCUT2D eigenvalue weighted by Crippen LogP contribution is -2.52. The number of unbranched alkanes of at least 4 members (excludes halogenated alkanes) is 1. The smallest absolute Gasteiger partial charge is 0.280 e. The SMILES string of the molecule is C\C=C(/C=C(Cl)\C=C\CCC)c1cnc2c(c1)CN(C1Nn3c(nc(C(F)F)cc3=O)C(C)=C1C)CC2. The minimum atomic E-state index is -2.80. The summed E-state index contributed by atoms with van der Waals surface area (Å²) in [4.78, 5) is 23.7. The van der Waals surface area contributed by atoms with Crippen LogP contribution in [0, 0.1) is 0 Å². The molecule has 2 aliphatic heterocycles. The van der Waals surface area contributed by atoms with Crippen molar-refractivity contribution in [3.63, 3.8) is 0 Å². The van der Waals surface area contributed by atoms with Crippen LogP contribution in [0.4, 0.5) is 8.78 Å². The standard InChI is InChI=1S/C28H32ClF2N5O/c1-5-7-8-9-22(29)13-19(6-2)20-12-21-16-35(11-10-23(21)32-15-20)28-18(4)17(3)27-33-24(26(30)31)14-25(37)36(27)34-28/h6,8-9,12-15,26,28,34H,5,7,10-11,16H2,1-4H3/b9-8+,19-6+,22-13+. The van der Waals surface area contributed by atoms with E-state index in [-0.39, 0.29) is 12.0 Å². The maximum Gasteiger partial charge on any atom is 0.280 e. The van der Waals surface area contributed by atoms with Gasteiger partial charge in [-0.1, -0.05) is 37.1 Å². The van der Waals surface area contributed by atoms with E-state index in [0.29, 0.717) is 17.2 Å². The fourth-order valence-corrected chi connectivity index (χ4v) is 4.87. The first-order valence-electron chi connectivity index (χ1n) is 12.5. The topological polar surface area (TPSA) is 63.1 Å². The number of hydrogen-bond donors (Lipinski definition) is 1. The normalized spacial score (nSPS) is 18.9.